The highest BCUT2D eigenvalue weighted by Crippen LogP contribution is 2.34. The average Bonchev–Trinajstić information content (AvgIpc) is 2.79. The normalized spacial score (nSPS) is 11.2. The predicted octanol–water partition coefficient (Wildman–Crippen LogP) is 5.89. The molecule has 34 heavy (non-hydrogen) atoms. The maximum Gasteiger partial charge on any atom is 0.282 e. The van der Waals surface area contributed by atoms with Crippen molar-refractivity contribution in [2.24, 2.45) is 5.10 Å². The standard InChI is InChI=1S/C24H17Br3N4O3/c1-14-29-21-8-7-16(25)11-18(21)24(33)31(14)28-12-15-9-19(26)23(20(27)10-15)34-13-22(32)30-17-5-3-2-4-6-17/h2-12H,13H2,1H3,(H,30,32). The van der Waals surface area contributed by atoms with Gasteiger partial charge in [0.15, 0.2) is 6.61 Å². The van der Waals surface area contributed by atoms with E-state index >= 15 is 0 Å². The third-order valence-electron chi connectivity index (χ3n) is 4.72. The van der Waals surface area contributed by atoms with Crippen LogP contribution in [0.5, 0.6) is 5.75 Å². The molecule has 0 aliphatic carbocycles. The van der Waals surface area contributed by atoms with Gasteiger partial charge in [0, 0.05) is 10.2 Å². The molecule has 0 aliphatic heterocycles. The van der Waals surface area contributed by atoms with Crippen molar-refractivity contribution in [1.29, 1.82) is 0 Å². The Kier molecular flexibility index (Phi) is 7.60. The van der Waals surface area contributed by atoms with E-state index in [0.29, 0.717) is 42.7 Å². The maximum absolute atomic E-state index is 12.9. The number of halogens is 3. The van der Waals surface area contributed by atoms with E-state index in [0.717, 1.165) is 4.47 Å². The molecule has 172 valence electrons. The lowest BCUT2D eigenvalue weighted by Gasteiger charge is -2.11. The number of anilines is 1. The summed E-state index contributed by atoms with van der Waals surface area (Å²) in [5.41, 5.74) is 1.75. The van der Waals surface area contributed by atoms with Crippen LogP contribution in [0.3, 0.4) is 0 Å². The quantitative estimate of drug-likeness (QED) is 0.264. The van der Waals surface area contributed by atoms with E-state index in [4.69, 9.17) is 4.74 Å². The summed E-state index contributed by atoms with van der Waals surface area (Å²) in [6.45, 7) is 1.57. The molecule has 1 heterocycles. The summed E-state index contributed by atoms with van der Waals surface area (Å²) in [7, 11) is 0. The van der Waals surface area contributed by atoms with Crippen LogP contribution >= 0.6 is 47.8 Å². The highest BCUT2D eigenvalue weighted by molar-refractivity contribution is 9.11. The van der Waals surface area contributed by atoms with E-state index in [2.05, 4.69) is 63.2 Å². The fourth-order valence-corrected chi connectivity index (χ4v) is 4.98. The van der Waals surface area contributed by atoms with Crippen molar-refractivity contribution >= 4 is 76.5 Å². The SMILES string of the molecule is Cc1nc2ccc(Br)cc2c(=O)n1N=Cc1cc(Br)c(OCC(=O)Nc2ccccc2)c(Br)c1. The number of ether oxygens (including phenoxy) is 1. The Labute approximate surface area is 220 Å². The average molecular weight is 649 g/mol. The van der Waals surface area contributed by atoms with Crippen molar-refractivity contribution in [3.8, 4) is 5.75 Å². The number of carbonyl (C=O) groups is 1. The minimum Gasteiger partial charge on any atom is -0.481 e. The van der Waals surface area contributed by atoms with Crippen LogP contribution in [0.2, 0.25) is 0 Å². The largest absolute Gasteiger partial charge is 0.481 e. The molecule has 0 radical (unpaired) electrons. The van der Waals surface area contributed by atoms with Gasteiger partial charge < -0.3 is 10.1 Å². The second kappa shape index (κ2) is 10.6. The Bertz CT molecular complexity index is 1450. The van der Waals surface area contributed by atoms with Crippen LogP contribution in [-0.2, 0) is 4.79 Å². The number of fused-ring (bicyclic) bond motifs is 1. The Balaban J connectivity index is 1.52. The van der Waals surface area contributed by atoms with Gasteiger partial charge in [-0.25, -0.2) is 4.98 Å². The lowest BCUT2D eigenvalue weighted by Crippen LogP contribution is -2.20. The molecule has 0 atom stereocenters. The molecule has 0 bridgehead atoms. The molecule has 7 nitrogen and oxygen atoms in total. The summed E-state index contributed by atoms with van der Waals surface area (Å²) in [4.78, 5) is 29.5. The van der Waals surface area contributed by atoms with E-state index in [1.165, 1.54) is 4.68 Å². The summed E-state index contributed by atoms with van der Waals surface area (Å²) in [6.07, 6.45) is 1.56. The first kappa shape index (κ1) is 24.3. The number of aromatic nitrogens is 2. The second-order valence-electron chi connectivity index (χ2n) is 7.20. The number of nitrogens with zero attached hydrogens (tertiary/aromatic N) is 3. The third-order valence-corrected chi connectivity index (χ3v) is 6.39. The van der Waals surface area contributed by atoms with Crippen molar-refractivity contribution in [3.05, 3.63) is 95.8 Å². The van der Waals surface area contributed by atoms with Gasteiger partial charge in [0.25, 0.3) is 11.5 Å². The van der Waals surface area contributed by atoms with E-state index in [9.17, 15) is 9.59 Å². The number of benzene rings is 3. The van der Waals surface area contributed by atoms with Gasteiger partial charge in [0.1, 0.15) is 11.6 Å². The Morgan fingerprint density at radius 2 is 1.79 bits per heavy atom. The first-order chi connectivity index (χ1) is 16.3. The van der Waals surface area contributed by atoms with Crippen LogP contribution in [0.25, 0.3) is 10.9 Å². The fraction of sp³-hybridized carbons (Fsp3) is 0.0833. The zero-order valence-electron chi connectivity index (χ0n) is 17.8. The zero-order valence-corrected chi connectivity index (χ0v) is 22.5. The number of carbonyl (C=O) groups excluding carboxylic acids is 1. The number of nitrogens with one attached hydrogen (secondary N) is 1. The minimum atomic E-state index is -0.277. The summed E-state index contributed by atoms with van der Waals surface area (Å²) < 4.78 is 9.00. The molecule has 4 rings (SSSR count). The lowest BCUT2D eigenvalue weighted by atomic mass is 10.2. The molecule has 1 amide bonds. The van der Waals surface area contributed by atoms with Gasteiger partial charge in [-0.15, -0.1) is 0 Å². The van der Waals surface area contributed by atoms with Crippen LogP contribution < -0.4 is 15.6 Å². The van der Waals surface area contributed by atoms with Crippen LogP contribution in [0, 0.1) is 6.92 Å². The topological polar surface area (TPSA) is 85.6 Å². The van der Waals surface area contributed by atoms with E-state index in [1.807, 2.05) is 24.3 Å². The summed E-state index contributed by atoms with van der Waals surface area (Å²) in [6, 6.07) is 18.1. The Hall–Kier alpha value is -2.82. The number of aryl methyl sites for hydroxylation is 1. The minimum absolute atomic E-state index is 0.160. The molecule has 0 saturated heterocycles. The second-order valence-corrected chi connectivity index (χ2v) is 9.82. The van der Waals surface area contributed by atoms with E-state index in [-0.39, 0.29) is 18.1 Å². The third kappa shape index (κ3) is 5.63. The smallest absolute Gasteiger partial charge is 0.282 e. The Morgan fingerprint density at radius 3 is 2.50 bits per heavy atom. The molecule has 0 aliphatic rings. The molecular formula is C24H17Br3N4O3. The van der Waals surface area contributed by atoms with Gasteiger partial charge in [0.05, 0.1) is 26.1 Å². The van der Waals surface area contributed by atoms with Crippen LogP contribution in [0.15, 0.2) is 84.0 Å². The monoisotopic (exact) mass is 646 g/mol. The molecular weight excluding hydrogens is 632 g/mol. The summed E-state index contributed by atoms with van der Waals surface area (Å²) in [5.74, 6) is 0.672. The highest BCUT2D eigenvalue weighted by atomic mass is 79.9. The van der Waals surface area contributed by atoms with Crippen molar-refractivity contribution in [2.75, 3.05) is 11.9 Å². The van der Waals surface area contributed by atoms with Crippen LogP contribution in [0.1, 0.15) is 11.4 Å². The van der Waals surface area contributed by atoms with Crippen molar-refractivity contribution < 1.29 is 9.53 Å². The van der Waals surface area contributed by atoms with Crippen LogP contribution in [0.4, 0.5) is 5.69 Å². The molecule has 4 aromatic rings. The predicted molar refractivity (Wildman–Crippen MR) is 144 cm³/mol. The zero-order chi connectivity index (χ0) is 24.2. The van der Waals surface area contributed by atoms with Gasteiger partial charge in [-0.2, -0.15) is 9.78 Å². The van der Waals surface area contributed by atoms with Crippen molar-refractivity contribution in [1.82, 2.24) is 9.66 Å². The molecule has 1 aromatic heterocycles. The molecule has 10 heteroatoms. The number of amides is 1. The van der Waals surface area contributed by atoms with Gasteiger partial charge in [-0.05, 0) is 86.8 Å². The van der Waals surface area contributed by atoms with Crippen molar-refractivity contribution in [3.63, 3.8) is 0 Å². The fourth-order valence-electron chi connectivity index (χ4n) is 3.17. The lowest BCUT2D eigenvalue weighted by molar-refractivity contribution is -0.118. The number of hydrogen-bond acceptors (Lipinski definition) is 5. The van der Waals surface area contributed by atoms with Gasteiger partial charge in [0.2, 0.25) is 0 Å². The first-order valence-electron chi connectivity index (χ1n) is 10.0. The highest BCUT2D eigenvalue weighted by Gasteiger charge is 2.12. The van der Waals surface area contributed by atoms with Gasteiger partial charge in [-0.1, -0.05) is 34.1 Å². The molecule has 3 aromatic carbocycles. The van der Waals surface area contributed by atoms with Gasteiger partial charge >= 0.3 is 0 Å². The molecule has 0 saturated carbocycles. The Morgan fingerprint density at radius 1 is 1.09 bits per heavy atom. The van der Waals surface area contributed by atoms with Crippen molar-refractivity contribution in [2.45, 2.75) is 6.92 Å². The molecule has 0 spiro atoms. The number of rotatable bonds is 6. The number of hydrogen-bond donors (Lipinski definition) is 1. The molecule has 1 N–H and O–H groups in total. The molecule has 0 unspecified atom stereocenters. The summed E-state index contributed by atoms with van der Waals surface area (Å²) in [5, 5.41) is 7.58. The summed E-state index contributed by atoms with van der Waals surface area (Å²) >= 11 is 10.3. The number of para-hydroxylation sites is 1. The molecule has 0 fully saturated rings. The maximum atomic E-state index is 12.9. The first-order valence-corrected chi connectivity index (χ1v) is 12.4. The van der Waals surface area contributed by atoms with Crippen LogP contribution in [-0.4, -0.2) is 28.4 Å². The van der Waals surface area contributed by atoms with E-state index in [1.54, 1.807) is 49.5 Å². The van der Waals surface area contributed by atoms with E-state index < -0.39 is 0 Å². The van der Waals surface area contributed by atoms with Gasteiger partial charge in [-0.3, -0.25) is 9.59 Å².